The summed E-state index contributed by atoms with van der Waals surface area (Å²) in [4.78, 5) is 6.02. The van der Waals surface area contributed by atoms with E-state index in [-0.39, 0.29) is 0 Å². The molecule has 96 valence electrons. The van der Waals surface area contributed by atoms with Gasteiger partial charge in [0.15, 0.2) is 0 Å². The topological polar surface area (TPSA) is 12.5 Å². The van der Waals surface area contributed by atoms with Crippen LogP contribution in [0.5, 0.6) is 0 Å². The van der Waals surface area contributed by atoms with Gasteiger partial charge in [0, 0.05) is 17.9 Å². The molecule has 2 heterocycles. The lowest BCUT2D eigenvalue weighted by Crippen LogP contribution is -2.27. The molecule has 0 amide bonds. The van der Waals surface area contributed by atoms with Crippen LogP contribution in [0.1, 0.15) is 23.6 Å². The highest BCUT2D eigenvalue weighted by Crippen LogP contribution is 2.44. The number of hydrogen-bond acceptors (Lipinski definition) is 2. The molecule has 2 aromatic carbocycles. The zero-order valence-corrected chi connectivity index (χ0v) is 11.2. The zero-order valence-electron chi connectivity index (χ0n) is 10.4. The molecular formula is C16H14ClNO. The van der Waals surface area contributed by atoms with E-state index >= 15 is 0 Å². The molecule has 2 aliphatic rings. The van der Waals surface area contributed by atoms with E-state index in [1.54, 1.807) is 0 Å². The van der Waals surface area contributed by atoms with Crippen molar-refractivity contribution in [2.24, 2.45) is 0 Å². The number of para-hydroxylation sites is 1. The molecule has 0 spiro atoms. The molecule has 2 nitrogen and oxygen atoms in total. The van der Waals surface area contributed by atoms with Gasteiger partial charge in [-0.1, -0.05) is 41.9 Å². The molecule has 0 radical (unpaired) electrons. The predicted molar refractivity (Wildman–Crippen MR) is 76.3 cm³/mol. The van der Waals surface area contributed by atoms with Gasteiger partial charge in [0.1, 0.15) is 0 Å². The SMILES string of the molecule is Clc1ccc([C@@H]2C[C@@H]3Cc4ccccc4N2O3)cc1. The molecule has 2 bridgehead atoms. The number of halogens is 1. The Bertz CT molecular complexity index is 610. The second-order valence-electron chi connectivity index (χ2n) is 5.19. The van der Waals surface area contributed by atoms with Gasteiger partial charge in [0.25, 0.3) is 0 Å². The van der Waals surface area contributed by atoms with Crippen molar-refractivity contribution < 1.29 is 4.84 Å². The van der Waals surface area contributed by atoms with Gasteiger partial charge in [-0.25, -0.2) is 5.06 Å². The quantitative estimate of drug-likeness (QED) is 0.773. The maximum absolute atomic E-state index is 6.02. The van der Waals surface area contributed by atoms with Gasteiger partial charge in [0.05, 0.1) is 17.8 Å². The first-order valence-corrected chi connectivity index (χ1v) is 6.98. The van der Waals surface area contributed by atoms with Crippen molar-refractivity contribution in [3.05, 3.63) is 64.7 Å². The Morgan fingerprint density at radius 3 is 2.68 bits per heavy atom. The van der Waals surface area contributed by atoms with Crippen molar-refractivity contribution in [2.45, 2.75) is 25.0 Å². The summed E-state index contributed by atoms with van der Waals surface area (Å²) in [6.07, 6.45) is 2.35. The average molecular weight is 272 g/mol. The van der Waals surface area contributed by atoms with E-state index in [4.69, 9.17) is 16.4 Å². The molecule has 1 fully saturated rings. The second-order valence-corrected chi connectivity index (χ2v) is 5.63. The van der Waals surface area contributed by atoms with Gasteiger partial charge in [-0.3, -0.25) is 4.84 Å². The first-order chi connectivity index (χ1) is 9.31. The Morgan fingerprint density at radius 2 is 1.84 bits per heavy atom. The number of nitrogens with zero attached hydrogens (tertiary/aromatic N) is 1. The van der Waals surface area contributed by atoms with Gasteiger partial charge in [0.2, 0.25) is 0 Å². The van der Waals surface area contributed by atoms with Crippen LogP contribution in [0, 0.1) is 0 Å². The fourth-order valence-corrected chi connectivity index (χ4v) is 3.19. The zero-order chi connectivity index (χ0) is 12.8. The van der Waals surface area contributed by atoms with Gasteiger partial charge in [-0.05, 0) is 29.3 Å². The normalized spacial score (nSPS) is 24.4. The highest BCUT2D eigenvalue weighted by molar-refractivity contribution is 6.30. The molecule has 3 heteroatoms. The number of hydroxylamine groups is 1. The summed E-state index contributed by atoms with van der Waals surface area (Å²) >= 11 is 5.97. The lowest BCUT2D eigenvalue weighted by atomic mass is 10.0. The fraction of sp³-hybridized carbons (Fsp3) is 0.250. The van der Waals surface area contributed by atoms with Gasteiger partial charge < -0.3 is 0 Å². The molecule has 0 unspecified atom stereocenters. The molecule has 2 aromatic rings. The highest BCUT2D eigenvalue weighted by Gasteiger charge is 2.39. The molecule has 0 N–H and O–H groups in total. The first-order valence-electron chi connectivity index (χ1n) is 6.60. The van der Waals surface area contributed by atoms with E-state index in [0.717, 1.165) is 17.9 Å². The number of hydrogen-bond donors (Lipinski definition) is 0. The molecule has 0 saturated carbocycles. The molecular weight excluding hydrogens is 258 g/mol. The molecule has 0 aliphatic carbocycles. The maximum atomic E-state index is 6.02. The van der Waals surface area contributed by atoms with E-state index in [1.807, 2.05) is 12.1 Å². The van der Waals surface area contributed by atoms with E-state index < -0.39 is 0 Å². The van der Waals surface area contributed by atoms with E-state index in [0.29, 0.717) is 12.1 Å². The van der Waals surface area contributed by atoms with Crippen molar-refractivity contribution in [2.75, 3.05) is 5.06 Å². The Kier molecular flexibility index (Phi) is 2.54. The summed E-state index contributed by atoms with van der Waals surface area (Å²) in [5.41, 5.74) is 3.86. The lowest BCUT2D eigenvalue weighted by molar-refractivity contribution is 0.0734. The number of rotatable bonds is 1. The third-order valence-electron chi connectivity index (χ3n) is 3.96. The van der Waals surface area contributed by atoms with Crippen LogP contribution in [0.4, 0.5) is 5.69 Å². The Hall–Kier alpha value is -1.51. The van der Waals surface area contributed by atoms with Gasteiger partial charge >= 0.3 is 0 Å². The molecule has 1 saturated heterocycles. The standard InChI is InChI=1S/C16H14ClNO/c17-13-7-5-11(6-8-13)16-10-14-9-12-3-1-2-4-15(12)18(16)19-14/h1-8,14,16H,9-10H2/t14-,16-/m0/s1. The van der Waals surface area contributed by atoms with Crippen LogP contribution >= 0.6 is 11.6 Å². The molecule has 2 aliphatic heterocycles. The fourth-order valence-electron chi connectivity index (χ4n) is 3.07. The maximum Gasteiger partial charge on any atom is 0.0921 e. The largest absolute Gasteiger partial charge is 0.269 e. The summed E-state index contributed by atoms with van der Waals surface area (Å²) in [6, 6.07) is 16.9. The van der Waals surface area contributed by atoms with Crippen LogP contribution in [0.3, 0.4) is 0 Å². The van der Waals surface area contributed by atoms with Crippen molar-refractivity contribution >= 4 is 17.3 Å². The van der Waals surface area contributed by atoms with Crippen LogP contribution in [0.2, 0.25) is 5.02 Å². The van der Waals surface area contributed by atoms with Crippen molar-refractivity contribution in [3.63, 3.8) is 0 Å². The van der Waals surface area contributed by atoms with Crippen LogP contribution in [0.15, 0.2) is 48.5 Å². The summed E-state index contributed by atoms with van der Waals surface area (Å²) in [7, 11) is 0. The molecule has 2 atom stereocenters. The van der Waals surface area contributed by atoms with Gasteiger partial charge in [-0.15, -0.1) is 0 Å². The summed E-state index contributed by atoms with van der Waals surface area (Å²) < 4.78 is 0. The van der Waals surface area contributed by atoms with E-state index in [9.17, 15) is 0 Å². The number of anilines is 1. The minimum Gasteiger partial charge on any atom is -0.269 e. The van der Waals surface area contributed by atoms with Crippen LogP contribution in [-0.2, 0) is 11.3 Å². The van der Waals surface area contributed by atoms with Crippen LogP contribution in [-0.4, -0.2) is 6.10 Å². The Morgan fingerprint density at radius 1 is 1.05 bits per heavy atom. The van der Waals surface area contributed by atoms with E-state index in [2.05, 4.69) is 41.5 Å². The van der Waals surface area contributed by atoms with E-state index in [1.165, 1.54) is 16.8 Å². The first kappa shape index (κ1) is 11.3. The second kappa shape index (κ2) is 4.26. The lowest BCUT2D eigenvalue weighted by Gasteiger charge is -2.30. The van der Waals surface area contributed by atoms with Crippen molar-refractivity contribution in [1.29, 1.82) is 0 Å². The number of fused-ring (bicyclic) bond motifs is 4. The van der Waals surface area contributed by atoms with Crippen molar-refractivity contribution in [3.8, 4) is 0 Å². The van der Waals surface area contributed by atoms with Gasteiger partial charge in [-0.2, -0.15) is 0 Å². The van der Waals surface area contributed by atoms with Crippen molar-refractivity contribution in [1.82, 2.24) is 0 Å². The predicted octanol–water partition coefficient (Wildman–Crippen LogP) is 4.15. The number of benzene rings is 2. The molecule has 4 rings (SSSR count). The summed E-state index contributed by atoms with van der Waals surface area (Å²) in [5.74, 6) is 0. The monoisotopic (exact) mass is 271 g/mol. The minimum atomic E-state index is 0.297. The molecule has 0 aromatic heterocycles. The Balaban J connectivity index is 1.75. The third-order valence-corrected chi connectivity index (χ3v) is 4.22. The Labute approximate surface area is 117 Å². The highest BCUT2D eigenvalue weighted by atomic mass is 35.5. The third kappa shape index (κ3) is 1.83. The molecule has 19 heavy (non-hydrogen) atoms. The average Bonchev–Trinajstić information content (AvgIpc) is 2.78. The summed E-state index contributed by atoms with van der Waals surface area (Å²) in [6.45, 7) is 0. The minimum absolute atomic E-state index is 0.297. The smallest absolute Gasteiger partial charge is 0.0921 e. The van der Waals surface area contributed by atoms with Crippen LogP contribution in [0.25, 0.3) is 0 Å². The van der Waals surface area contributed by atoms with Crippen LogP contribution < -0.4 is 5.06 Å². The summed E-state index contributed by atoms with van der Waals surface area (Å²) in [5, 5.41) is 2.85.